The van der Waals surface area contributed by atoms with Crippen LogP contribution in [0, 0.1) is 34.4 Å². The average molecular weight is 587 g/mol. The Morgan fingerprint density at radius 2 is 1.76 bits per heavy atom. The minimum Gasteiger partial charge on any atom is -0.369 e. The lowest BCUT2D eigenvalue weighted by atomic mass is 9.75. The summed E-state index contributed by atoms with van der Waals surface area (Å²) in [5, 5.41) is 26.6. The van der Waals surface area contributed by atoms with Gasteiger partial charge in [-0.3, -0.25) is 4.79 Å². The molecule has 9 nitrogen and oxygen atoms in total. The molecule has 1 aliphatic heterocycles. The minimum atomic E-state index is -3.00. The molecule has 42 heavy (non-hydrogen) atoms. The highest BCUT2D eigenvalue weighted by Gasteiger charge is 2.47. The molecule has 1 saturated heterocycles. The van der Waals surface area contributed by atoms with Crippen LogP contribution in [0.1, 0.15) is 55.7 Å². The molecule has 0 radical (unpaired) electrons. The lowest BCUT2D eigenvalue weighted by Crippen LogP contribution is -2.42. The molecule has 2 unspecified atom stereocenters. The molecule has 0 spiro atoms. The smallest absolute Gasteiger partial charge is 0.225 e. The zero-order valence-corrected chi connectivity index (χ0v) is 23.9. The quantitative estimate of drug-likeness (QED) is 0.457. The molecule has 2 atom stereocenters. The zero-order chi connectivity index (χ0) is 29.5. The van der Waals surface area contributed by atoms with Crippen molar-refractivity contribution >= 4 is 21.4 Å². The largest absolute Gasteiger partial charge is 0.369 e. The topological polar surface area (TPSA) is 132 Å². The summed E-state index contributed by atoms with van der Waals surface area (Å²) in [4.78, 5) is 15.5. The van der Waals surface area contributed by atoms with Gasteiger partial charge in [0.15, 0.2) is 9.84 Å². The number of hydrogen-bond donors (Lipinski definition) is 1. The maximum Gasteiger partial charge on any atom is 0.225 e. The number of nitriles is 2. The molecule has 2 saturated carbocycles. The van der Waals surface area contributed by atoms with Crippen molar-refractivity contribution in [3.63, 3.8) is 0 Å². The first kappa shape index (κ1) is 27.9. The van der Waals surface area contributed by atoms with Crippen LogP contribution in [-0.2, 0) is 14.6 Å². The van der Waals surface area contributed by atoms with E-state index in [1.165, 1.54) is 16.8 Å². The van der Waals surface area contributed by atoms with E-state index < -0.39 is 21.2 Å². The van der Waals surface area contributed by atoms with Crippen molar-refractivity contribution in [2.45, 2.75) is 50.0 Å². The second kappa shape index (κ2) is 10.9. The Kier molecular flexibility index (Phi) is 7.24. The summed E-state index contributed by atoms with van der Waals surface area (Å²) in [6.45, 7) is 0.873. The summed E-state index contributed by atoms with van der Waals surface area (Å²) in [7, 11) is -3.00. The van der Waals surface area contributed by atoms with E-state index in [-0.39, 0.29) is 40.5 Å². The predicted molar refractivity (Wildman–Crippen MR) is 155 cm³/mol. The Balaban J connectivity index is 1.37. The van der Waals surface area contributed by atoms with E-state index >= 15 is 4.39 Å². The first-order valence-electron chi connectivity index (χ1n) is 14.3. The Morgan fingerprint density at radius 3 is 2.40 bits per heavy atom. The van der Waals surface area contributed by atoms with E-state index in [2.05, 4.69) is 11.4 Å². The van der Waals surface area contributed by atoms with Gasteiger partial charge in [0.2, 0.25) is 5.91 Å². The summed E-state index contributed by atoms with van der Waals surface area (Å²) in [6, 6.07) is 16.2. The van der Waals surface area contributed by atoms with E-state index in [0.29, 0.717) is 38.0 Å². The number of sulfone groups is 1. The second-order valence-electron chi connectivity index (χ2n) is 11.5. The third-order valence-corrected chi connectivity index (χ3v) is 10.3. The van der Waals surface area contributed by atoms with Gasteiger partial charge < -0.3 is 10.2 Å². The number of carbonyl (C=O) groups excluding carboxylic acids is 1. The van der Waals surface area contributed by atoms with Crippen LogP contribution < -0.4 is 10.2 Å². The standard InChI is InChI=1S/C31H31FN6O3S/c32-27-17-21(18-33)5-10-28(27)38-19-26(22-6-8-23(9-7-22)37-13-15-42(40,41)16-14-37)29(36-38)24-3-1-2-4-25(24)30(39)35-31(20-34)11-12-31/h5-10,17,19,24-25H,1-4,11-16H2,(H,35,39). The average Bonchev–Trinajstić information content (AvgIpc) is 3.64. The van der Waals surface area contributed by atoms with Crippen LogP contribution in [0.15, 0.2) is 48.7 Å². The van der Waals surface area contributed by atoms with Crippen LogP contribution in [0.2, 0.25) is 0 Å². The minimum absolute atomic E-state index is 0.125. The fourth-order valence-corrected chi connectivity index (χ4v) is 7.28. The number of anilines is 1. The van der Waals surface area contributed by atoms with Gasteiger partial charge in [-0.1, -0.05) is 25.0 Å². The molecule has 2 aromatic carbocycles. The molecular formula is C31H31FN6O3S. The zero-order valence-electron chi connectivity index (χ0n) is 23.1. The summed E-state index contributed by atoms with van der Waals surface area (Å²) in [6.07, 6.45) is 6.30. The number of nitrogens with zero attached hydrogens (tertiary/aromatic N) is 5. The lowest BCUT2D eigenvalue weighted by molar-refractivity contribution is -0.127. The fourth-order valence-electron chi connectivity index (χ4n) is 6.08. The molecule has 2 aliphatic carbocycles. The molecule has 3 aliphatic rings. The number of nitrogens with one attached hydrogen (secondary N) is 1. The summed E-state index contributed by atoms with van der Waals surface area (Å²) >= 11 is 0. The second-order valence-corrected chi connectivity index (χ2v) is 13.8. The van der Waals surface area contributed by atoms with Crippen LogP contribution >= 0.6 is 0 Å². The first-order valence-corrected chi connectivity index (χ1v) is 16.1. The normalized spacial score (nSPS) is 22.5. The molecule has 216 valence electrons. The van der Waals surface area contributed by atoms with Gasteiger partial charge in [0.05, 0.1) is 34.9 Å². The molecule has 6 rings (SSSR count). The number of halogens is 1. The maximum atomic E-state index is 15.1. The highest BCUT2D eigenvalue weighted by atomic mass is 32.2. The number of carbonyl (C=O) groups is 1. The Labute approximate surface area is 244 Å². The van der Waals surface area contributed by atoms with Crippen LogP contribution in [0.5, 0.6) is 0 Å². The number of benzene rings is 2. The predicted octanol–water partition coefficient (Wildman–Crippen LogP) is 4.23. The molecule has 2 heterocycles. The molecule has 3 aromatic rings. The van der Waals surface area contributed by atoms with E-state index in [1.54, 1.807) is 12.3 Å². The van der Waals surface area contributed by atoms with Crippen molar-refractivity contribution in [3.05, 3.63) is 65.7 Å². The lowest BCUT2D eigenvalue weighted by Gasteiger charge is -2.31. The van der Waals surface area contributed by atoms with Gasteiger partial charge in [-0.25, -0.2) is 17.5 Å². The van der Waals surface area contributed by atoms with Gasteiger partial charge in [0.1, 0.15) is 17.0 Å². The monoisotopic (exact) mass is 586 g/mol. The molecule has 1 aromatic heterocycles. The van der Waals surface area contributed by atoms with Gasteiger partial charge >= 0.3 is 0 Å². The van der Waals surface area contributed by atoms with Gasteiger partial charge in [-0.05, 0) is 61.6 Å². The van der Waals surface area contributed by atoms with Crippen LogP contribution in [0.4, 0.5) is 10.1 Å². The van der Waals surface area contributed by atoms with E-state index in [1.807, 2.05) is 35.2 Å². The van der Waals surface area contributed by atoms with Crippen molar-refractivity contribution < 1.29 is 17.6 Å². The maximum absolute atomic E-state index is 15.1. The Hall–Kier alpha value is -4.22. The fraction of sp³-hybridized carbons (Fsp3) is 0.419. The van der Waals surface area contributed by atoms with Crippen LogP contribution in [0.25, 0.3) is 16.8 Å². The van der Waals surface area contributed by atoms with Crippen molar-refractivity contribution in [3.8, 4) is 29.0 Å². The molecule has 1 amide bonds. The van der Waals surface area contributed by atoms with Crippen LogP contribution in [-0.4, -0.2) is 54.2 Å². The highest BCUT2D eigenvalue weighted by molar-refractivity contribution is 7.91. The van der Waals surface area contributed by atoms with Crippen LogP contribution in [0.3, 0.4) is 0 Å². The summed E-state index contributed by atoms with van der Waals surface area (Å²) in [5.74, 6) is -1.06. The van der Waals surface area contributed by atoms with E-state index in [0.717, 1.165) is 36.1 Å². The first-order chi connectivity index (χ1) is 20.2. The Bertz CT molecular complexity index is 1700. The molecule has 3 fully saturated rings. The molecular weight excluding hydrogens is 555 g/mol. The van der Waals surface area contributed by atoms with E-state index in [4.69, 9.17) is 5.10 Å². The van der Waals surface area contributed by atoms with Gasteiger partial charge in [-0.2, -0.15) is 15.6 Å². The van der Waals surface area contributed by atoms with Crippen molar-refractivity contribution in [2.24, 2.45) is 5.92 Å². The molecule has 0 bridgehead atoms. The molecule has 1 N–H and O–H groups in total. The van der Waals surface area contributed by atoms with Gasteiger partial charge in [0.25, 0.3) is 0 Å². The van der Waals surface area contributed by atoms with Crippen molar-refractivity contribution in [1.29, 1.82) is 10.5 Å². The molecule has 11 heteroatoms. The van der Waals surface area contributed by atoms with E-state index in [9.17, 15) is 23.7 Å². The summed E-state index contributed by atoms with van der Waals surface area (Å²) in [5.41, 5.74) is 2.87. The summed E-state index contributed by atoms with van der Waals surface area (Å²) < 4.78 is 40.3. The Morgan fingerprint density at radius 1 is 1.05 bits per heavy atom. The third-order valence-electron chi connectivity index (χ3n) is 8.73. The van der Waals surface area contributed by atoms with Crippen molar-refractivity contribution in [2.75, 3.05) is 29.5 Å². The highest BCUT2D eigenvalue weighted by Crippen LogP contribution is 2.43. The number of hydrogen-bond acceptors (Lipinski definition) is 7. The number of aromatic nitrogens is 2. The van der Waals surface area contributed by atoms with Gasteiger partial charge in [-0.15, -0.1) is 0 Å². The van der Waals surface area contributed by atoms with Crippen molar-refractivity contribution in [1.82, 2.24) is 15.1 Å². The number of rotatable bonds is 6. The SMILES string of the molecule is N#Cc1ccc(-n2cc(-c3ccc(N4CCS(=O)(=O)CC4)cc3)c(C3CCCCC3C(=O)NC3(C#N)CC3)n2)c(F)c1. The third kappa shape index (κ3) is 5.49. The number of amides is 1. The van der Waals surface area contributed by atoms with Gasteiger partial charge in [0, 0.05) is 42.4 Å².